The number of carbonyl (C=O) groups excluding carboxylic acids is 2. The molecule has 4 heterocycles. The Hall–Kier alpha value is -2.52. The van der Waals surface area contributed by atoms with E-state index in [1.54, 1.807) is 27.0 Å². The Labute approximate surface area is 160 Å². The fraction of sp³-hybridized carbons (Fsp3) is 0.611. The maximum Gasteiger partial charge on any atom is 0.395 e. The second kappa shape index (κ2) is 6.82. The van der Waals surface area contributed by atoms with Crippen molar-refractivity contribution in [1.82, 2.24) is 14.8 Å². The molecule has 152 valence electrons. The fourth-order valence-corrected chi connectivity index (χ4v) is 3.91. The lowest BCUT2D eigenvalue weighted by molar-refractivity contribution is -0.180. The highest BCUT2D eigenvalue weighted by Crippen LogP contribution is 2.36. The molecule has 1 aromatic heterocycles. The van der Waals surface area contributed by atoms with Gasteiger partial charge in [-0.05, 0) is 18.1 Å². The first-order chi connectivity index (χ1) is 13.2. The zero-order chi connectivity index (χ0) is 20.1. The van der Waals surface area contributed by atoms with E-state index in [4.69, 9.17) is 5.73 Å². The Morgan fingerprint density at radius 1 is 1.07 bits per heavy atom. The molecule has 4 rings (SSSR count). The van der Waals surface area contributed by atoms with Crippen molar-refractivity contribution in [3.05, 3.63) is 23.9 Å². The standard InChI is InChI=1S/C18H22F3N5O2/c19-18(20,21)14-9-25(10-14)15-2-1-11(5-23-15)13-7-26(8-13)17(28)24-4-3-12(6-24)16(22)27/h1-2,5,12-14H,3-4,6-10H2,(H2,22,27)/t12-/m0/s1. The van der Waals surface area contributed by atoms with Crippen molar-refractivity contribution in [1.29, 1.82) is 0 Å². The van der Waals surface area contributed by atoms with E-state index in [0.717, 1.165) is 5.56 Å². The van der Waals surface area contributed by atoms with E-state index < -0.39 is 12.1 Å². The summed E-state index contributed by atoms with van der Waals surface area (Å²) in [7, 11) is 0. The van der Waals surface area contributed by atoms with E-state index in [-0.39, 0.29) is 36.9 Å². The number of urea groups is 1. The molecule has 0 bridgehead atoms. The molecule has 2 N–H and O–H groups in total. The summed E-state index contributed by atoms with van der Waals surface area (Å²) in [5.41, 5.74) is 6.27. The van der Waals surface area contributed by atoms with Crippen LogP contribution < -0.4 is 10.6 Å². The van der Waals surface area contributed by atoms with Crippen LogP contribution >= 0.6 is 0 Å². The number of primary amides is 1. The van der Waals surface area contributed by atoms with Gasteiger partial charge in [0, 0.05) is 51.4 Å². The molecule has 1 aromatic rings. The van der Waals surface area contributed by atoms with Crippen molar-refractivity contribution in [3.63, 3.8) is 0 Å². The molecule has 0 saturated carbocycles. The van der Waals surface area contributed by atoms with Gasteiger partial charge in [0.1, 0.15) is 5.82 Å². The Bertz CT molecular complexity index is 757. The van der Waals surface area contributed by atoms with Crippen LogP contribution in [-0.2, 0) is 4.79 Å². The summed E-state index contributed by atoms with van der Waals surface area (Å²) in [5.74, 6) is -1.20. The third-order valence-electron chi connectivity index (χ3n) is 5.92. The lowest BCUT2D eigenvalue weighted by atomic mass is 9.93. The van der Waals surface area contributed by atoms with Gasteiger partial charge in [0.25, 0.3) is 0 Å². The van der Waals surface area contributed by atoms with Crippen LogP contribution in [0.3, 0.4) is 0 Å². The van der Waals surface area contributed by atoms with Crippen molar-refractivity contribution in [2.75, 3.05) is 44.2 Å². The van der Waals surface area contributed by atoms with Gasteiger partial charge < -0.3 is 20.4 Å². The first-order valence-corrected chi connectivity index (χ1v) is 9.33. The van der Waals surface area contributed by atoms with E-state index >= 15 is 0 Å². The van der Waals surface area contributed by atoms with Crippen LogP contribution in [0.1, 0.15) is 17.9 Å². The number of rotatable bonds is 3. The van der Waals surface area contributed by atoms with Crippen molar-refractivity contribution >= 4 is 17.8 Å². The van der Waals surface area contributed by atoms with Gasteiger partial charge in [-0.1, -0.05) is 6.07 Å². The number of amides is 3. The van der Waals surface area contributed by atoms with Crippen LogP contribution in [0, 0.1) is 11.8 Å². The molecule has 3 aliphatic heterocycles. The predicted octanol–water partition coefficient (Wildman–Crippen LogP) is 1.41. The maximum atomic E-state index is 12.6. The summed E-state index contributed by atoms with van der Waals surface area (Å²) in [4.78, 5) is 33.0. The molecule has 0 aromatic carbocycles. The second-order valence-electron chi connectivity index (χ2n) is 7.81. The molecule has 0 spiro atoms. The normalized spacial score (nSPS) is 23.5. The first kappa shape index (κ1) is 18.8. The number of alkyl halides is 3. The predicted molar refractivity (Wildman–Crippen MR) is 94.6 cm³/mol. The van der Waals surface area contributed by atoms with Gasteiger partial charge in [-0.25, -0.2) is 9.78 Å². The van der Waals surface area contributed by atoms with E-state index in [9.17, 15) is 22.8 Å². The summed E-state index contributed by atoms with van der Waals surface area (Å²) in [6.07, 6.45) is -1.86. The molecule has 7 nitrogen and oxygen atoms in total. The van der Waals surface area contributed by atoms with Crippen molar-refractivity contribution < 1.29 is 22.8 Å². The van der Waals surface area contributed by atoms with Gasteiger partial charge in [0.05, 0.1) is 11.8 Å². The Kier molecular flexibility index (Phi) is 4.59. The van der Waals surface area contributed by atoms with Gasteiger partial charge >= 0.3 is 12.2 Å². The number of aromatic nitrogens is 1. The fourth-order valence-electron chi connectivity index (χ4n) is 3.91. The van der Waals surface area contributed by atoms with E-state index in [1.165, 1.54) is 0 Å². The number of hydrogen-bond donors (Lipinski definition) is 1. The zero-order valence-corrected chi connectivity index (χ0v) is 15.2. The Balaban J connectivity index is 1.26. The summed E-state index contributed by atoms with van der Waals surface area (Å²) in [6, 6.07) is 3.53. The molecule has 0 unspecified atom stereocenters. The molecule has 3 amide bonds. The zero-order valence-electron chi connectivity index (χ0n) is 15.2. The number of nitrogens with two attached hydrogens (primary N) is 1. The third kappa shape index (κ3) is 3.47. The quantitative estimate of drug-likeness (QED) is 0.836. The molecule has 3 fully saturated rings. The second-order valence-corrected chi connectivity index (χ2v) is 7.81. The SMILES string of the molecule is NC(=O)[C@H]1CCN(C(=O)N2CC(c3ccc(N4CC(C(F)(F)F)C4)nc3)C2)C1. The first-order valence-electron chi connectivity index (χ1n) is 9.33. The van der Waals surface area contributed by atoms with Gasteiger partial charge in [-0.15, -0.1) is 0 Å². The maximum absolute atomic E-state index is 12.6. The minimum Gasteiger partial charge on any atom is -0.369 e. The molecule has 28 heavy (non-hydrogen) atoms. The molecule has 0 radical (unpaired) electrons. The van der Waals surface area contributed by atoms with Crippen LogP contribution in [0.4, 0.5) is 23.8 Å². The lowest BCUT2D eigenvalue weighted by Gasteiger charge is -2.42. The van der Waals surface area contributed by atoms with Crippen molar-refractivity contribution in [2.24, 2.45) is 17.6 Å². The summed E-state index contributed by atoms with van der Waals surface area (Å²) >= 11 is 0. The van der Waals surface area contributed by atoms with Gasteiger partial charge in [-0.3, -0.25) is 4.79 Å². The summed E-state index contributed by atoms with van der Waals surface area (Å²) in [5, 5.41) is 0. The van der Waals surface area contributed by atoms with E-state index in [2.05, 4.69) is 4.98 Å². The van der Waals surface area contributed by atoms with E-state index in [0.29, 0.717) is 38.4 Å². The Morgan fingerprint density at radius 2 is 1.79 bits per heavy atom. The average Bonchev–Trinajstić information content (AvgIpc) is 3.02. The van der Waals surface area contributed by atoms with Gasteiger partial charge in [0.15, 0.2) is 0 Å². The molecular formula is C18H22F3N5O2. The van der Waals surface area contributed by atoms with Crippen molar-refractivity contribution in [3.8, 4) is 0 Å². The van der Waals surface area contributed by atoms with Gasteiger partial charge in [-0.2, -0.15) is 13.2 Å². The highest BCUT2D eigenvalue weighted by molar-refractivity contribution is 5.80. The smallest absolute Gasteiger partial charge is 0.369 e. The number of anilines is 1. The summed E-state index contributed by atoms with van der Waals surface area (Å²) in [6.45, 7) is 1.95. The average molecular weight is 397 g/mol. The highest BCUT2D eigenvalue weighted by atomic mass is 19.4. The minimum absolute atomic E-state index is 0.0519. The highest BCUT2D eigenvalue weighted by Gasteiger charge is 2.47. The van der Waals surface area contributed by atoms with Crippen LogP contribution in [0.2, 0.25) is 0 Å². The van der Waals surface area contributed by atoms with Gasteiger partial charge in [0.2, 0.25) is 5.91 Å². The molecule has 3 saturated heterocycles. The summed E-state index contributed by atoms with van der Waals surface area (Å²) < 4.78 is 37.7. The molecule has 1 atom stereocenters. The van der Waals surface area contributed by atoms with Crippen LogP contribution in [-0.4, -0.2) is 72.2 Å². The number of nitrogens with zero attached hydrogens (tertiary/aromatic N) is 4. The number of hydrogen-bond acceptors (Lipinski definition) is 4. The molecule has 0 aliphatic carbocycles. The number of halogens is 3. The van der Waals surface area contributed by atoms with Crippen LogP contribution in [0.5, 0.6) is 0 Å². The van der Waals surface area contributed by atoms with Crippen LogP contribution in [0.15, 0.2) is 18.3 Å². The monoisotopic (exact) mass is 397 g/mol. The topological polar surface area (TPSA) is 82.8 Å². The molecular weight excluding hydrogens is 375 g/mol. The largest absolute Gasteiger partial charge is 0.395 e. The minimum atomic E-state index is -4.15. The Morgan fingerprint density at radius 3 is 2.32 bits per heavy atom. The number of likely N-dealkylation sites (tertiary alicyclic amines) is 2. The lowest BCUT2D eigenvalue weighted by Crippen LogP contribution is -2.54. The number of carbonyl (C=O) groups is 2. The van der Waals surface area contributed by atoms with Crippen molar-refractivity contribution in [2.45, 2.75) is 18.5 Å². The van der Waals surface area contributed by atoms with Crippen LogP contribution in [0.25, 0.3) is 0 Å². The molecule has 3 aliphatic rings. The molecule has 10 heteroatoms. The van der Waals surface area contributed by atoms with E-state index in [1.807, 2.05) is 6.07 Å². The third-order valence-corrected chi connectivity index (χ3v) is 5.92. The number of pyridine rings is 1.